The lowest BCUT2D eigenvalue weighted by molar-refractivity contribution is -0.402. The Morgan fingerprint density at radius 1 is 1.56 bits per heavy atom. The van der Waals surface area contributed by atoms with E-state index in [1.807, 2.05) is 13.8 Å². The lowest BCUT2D eigenvalue weighted by Crippen LogP contribution is -2.34. The highest BCUT2D eigenvalue weighted by atomic mass is 79.9. The van der Waals surface area contributed by atoms with Crippen molar-refractivity contribution in [3.8, 4) is 0 Å². The Balaban J connectivity index is 2.57. The zero-order chi connectivity index (χ0) is 13.8. The molecular formula is C11H15BrN2O4. The molecule has 1 heterocycles. The van der Waals surface area contributed by atoms with Gasteiger partial charge in [0, 0.05) is 11.9 Å². The fraction of sp³-hybridized carbons (Fsp3) is 0.545. The van der Waals surface area contributed by atoms with Gasteiger partial charge in [-0.2, -0.15) is 0 Å². The molecule has 0 saturated carbocycles. The minimum absolute atomic E-state index is 0.0440. The van der Waals surface area contributed by atoms with E-state index in [0.29, 0.717) is 6.54 Å². The Morgan fingerprint density at radius 3 is 2.72 bits per heavy atom. The predicted octanol–water partition coefficient (Wildman–Crippen LogP) is 2.73. The molecule has 0 radical (unpaired) electrons. The molecule has 6 nitrogen and oxygen atoms in total. The highest BCUT2D eigenvalue weighted by Crippen LogP contribution is 2.20. The van der Waals surface area contributed by atoms with Crippen LogP contribution in [0.3, 0.4) is 0 Å². The molecule has 1 aromatic heterocycles. The van der Waals surface area contributed by atoms with Crippen LogP contribution in [0.4, 0.5) is 5.88 Å². The molecule has 0 bridgehead atoms. The summed E-state index contributed by atoms with van der Waals surface area (Å²) >= 11 is 3.35. The van der Waals surface area contributed by atoms with Crippen LogP contribution in [0.1, 0.15) is 30.8 Å². The quantitative estimate of drug-likeness (QED) is 0.496. The molecule has 1 rings (SSSR count). The summed E-state index contributed by atoms with van der Waals surface area (Å²) in [5.74, 6) is -0.915. The second-order valence-electron chi connectivity index (χ2n) is 4.68. The van der Waals surface area contributed by atoms with E-state index < -0.39 is 16.7 Å². The molecule has 1 amide bonds. The lowest BCUT2D eigenvalue weighted by atomic mass is 9.90. The molecule has 0 aliphatic heterocycles. The number of furan rings is 1. The summed E-state index contributed by atoms with van der Waals surface area (Å²) in [4.78, 5) is 21.4. The van der Waals surface area contributed by atoms with Crippen LogP contribution in [-0.4, -0.2) is 22.7 Å². The Labute approximate surface area is 113 Å². The van der Waals surface area contributed by atoms with Gasteiger partial charge in [0.05, 0.1) is 6.07 Å². The van der Waals surface area contributed by atoms with Crippen LogP contribution in [0.25, 0.3) is 0 Å². The Bertz CT molecular complexity index is 442. The standard InChI is InChI=1S/C11H15BrN2O4/c1-11(2,5-6-12)7-13-10(15)8-3-4-9(18-8)14(16)17/h3-4H,5-7H2,1-2H3,(H,13,15). The molecule has 0 aliphatic carbocycles. The van der Waals surface area contributed by atoms with Crippen molar-refractivity contribution in [2.45, 2.75) is 20.3 Å². The van der Waals surface area contributed by atoms with Crippen molar-refractivity contribution in [3.63, 3.8) is 0 Å². The number of halogens is 1. The van der Waals surface area contributed by atoms with E-state index in [1.165, 1.54) is 12.1 Å². The van der Waals surface area contributed by atoms with Gasteiger partial charge >= 0.3 is 5.88 Å². The van der Waals surface area contributed by atoms with Crippen LogP contribution < -0.4 is 5.32 Å². The topological polar surface area (TPSA) is 85.4 Å². The van der Waals surface area contributed by atoms with E-state index in [9.17, 15) is 14.9 Å². The number of hydrogen-bond donors (Lipinski definition) is 1. The second-order valence-corrected chi connectivity index (χ2v) is 5.47. The first-order chi connectivity index (χ1) is 8.35. The number of carbonyl (C=O) groups is 1. The molecule has 0 fully saturated rings. The van der Waals surface area contributed by atoms with Gasteiger partial charge in [0.2, 0.25) is 0 Å². The van der Waals surface area contributed by atoms with Crippen molar-refractivity contribution < 1.29 is 14.1 Å². The molecule has 0 aliphatic rings. The van der Waals surface area contributed by atoms with E-state index in [0.717, 1.165) is 11.8 Å². The Hall–Kier alpha value is -1.37. The molecule has 100 valence electrons. The maximum absolute atomic E-state index is 11.7. The monoisotopic (exact) mass is 318 g/mol. The molecular weight excluding hydrogens is 304 g/mol. The van der Waals surface area contributed by atoms with Crippen molar-refractivity contribution in [2.24, 2.45) is 5.41 Å². The van der Waals surface area contributed by atoms with Gasteiger partial charge < -0.3 is 9.73 Å². The maximum Gasteiger partial charge on any atom is 0.433 e. The van der Waals surface area contributed by atoms with Gasteiger partial charge in [0.15, 0.2) is 5.76 Å². The van der Waals surface area contributed by atoms with Crippen LogP contribution in [0.15, 0.2) is 16.5 Å². The second kappa shape index (κ2) is 5.99. The molecule has 0 atom stereocenters. The number of alkyl halides is 1. The van der Waals surface area contributed by atoms with Crippen LogP contribution >= 0.6 is 15.9 Å². The molecule has 7 heteroatoms. The smallest absolute Gasteiger partial charge is 0.395 e. The molecule has 0 aromatic carbocycles. The molecule has 18 heavy (non-hydrogen) atoms. The van der Waals surface area contributed by atoms with E-state index in [4.69, 9.17) is 4.42 Å². The average molecular weight is 319 g/mol. The minimum Gasteiger partial charge on any atom is -0.395 e. The SMILES string of the molecule is CC(C)(CCBr)CNC(=O)c1ccc([N+](=O)[O-])o1. The minimum atomic E-state index is -0.675. The van der Waals surface area contributed by atoms with Crippen molar-refractivity contribution in [2.75, 3.05) is 11.9 Å². The first kappa shape index (κ1) is 14.7. The summed E-state index contributed by atoms with van der Waals surface area (Å²) in [7, 11) is 0. The number of nitro groups is 1. The fourth-order valence-electron chi connectivity index (χ4n) is 1.30. The molecule has 1 aromatic rings. The third-order valence-electron chi connectivity index (χ3n) is 2.49. The number of rotatable bonds is 6. The fourth-order valence-corrected chi connectivity index (χ4v) is 2.37. The predicted molar refractivity (Wildman–Crippen MR) is 69.9 cm³/mol. The van der Waals surface area contributed by atoms with Crippen LogP contribution in [0.2, 0.25) is 0 Å². The third kappa shape index (κ3) is 4.14. The first-order valence-electron chi connectivity index (χ1n) is 5.44. The van der Waals surface area contributed by atoms with E-state index in [2.05, 4.69) is 21.2 Å². The Kier molecular flexibility index (Phi) is 4.89. The van der Waals surface area contributed by atoms with Crippen molar-refractivity contribution in [1.29, 1.82) is 0 Å². The summed E-state index contributed by atoms with van der Waals surface area (Å²) in [6.45, 7) is 4.53. The van der Waals surface area contributed by atoms with Crippen molar-refractivity contribution in [1.82, 2.24) is 5.32 Å². The maximum atomic E-state index is 11.7. The van der Waals surface area contributed by atoms with Crippen LogP contribution in [-0.2, 0) is 0 Å². The molecule has 0 spiro atoms. The summed E-state index contributed by atoms with van der Waals surface area (Å²) < 4.78 is 4.81. The highest BCUT2D eigenvalue weighted by molar-refractivity contribution is 9.09. The van der Waals surface area contributed by atoms with E-state index >= 15 is 0 Å². The number of nitrogens with zero attached hydrogens (tertiary/aromatic N) is 1. The zero-order valence-corrected chi connectivity index (χ0v) is 11.8. The summed E-state index contributed by atoms with van der Waals surface area (Å²) in [5, 5.41) is 14.0. The van der Waals surface area contributed by atoms with Gasteiger partial charge in [-0.3, -0.25) is 14.9 Å². The van der Waals surface area contributed by atoms with Gasteiger partial charge in [-0.1, -0.05) is 29.8 Å². The first-order valence-corrected chi connectivity index (χ1v) is 6.56. The van der Waals surface area contributed by atoms with Crippen molar-refractivity contribution >= 4 is 27.7 Å². The summed E-state index contributed by atoms with van der Waals surface area (Å²) in [5.41, 5.74) is -0.0440. The van der Waals surface area contributed by atoms with Crippen LogP contribution in [0, 0.1) is 15.5 Å². The van der Waals surface area contributed by atoms with Crippen molar-refractivity contribution in [3.05, 3.63) is 28.0 Å². The number of carbonyl (C=O) groups excluding carboxylic acids is 1. The zero-order valence-electron chi connectivity index (χ0n) is 10.2. The van der Waals surface area contributed by atoms with Gasteiger partial charge in [0.25, 0.3) is 5.91 Å². The summed E-state index contributed by atoms with van der Waals surface area (Å²) in [6, 6.07) is 2.46. The molecule has 1 N–H and O–H groups in total. The van der Waals surface area contributed by atoms with Gasteiger partial charge in [-0.25, -0.2) is 0 Å². The summed E-state index contributed by atoms with van der Waals surface area (Å²) in [6.07, 6.45) is 0.908. The van der Waals surface area contributed by atoms with Gasteiger partial charge in [-0.05, 0) is 17.9 Å². The molecule has 0 unspecified atom stereocenters. The number of hydrogen-bond acceptors (Lipinski definition) is 4. The van der Waals surface area contributed by atoms with Crippen LogP contribution in [0.5, 0.6) is 0 Å². The lowest BCUT2D eigenvalue weighted by Gasteiger charge is -2.23. The van der Waals surface area contributed by atoms with E-state index in [1.54, 1.807) is 0 Å². The largest absolute Gasteiger partial charge is 0.433 e. The average Bonchev–Trinajstić information content (AvgIpc) is 2.75. The number of amides is 1. The van der Waals surface area contributed by atoms with Gasteiger partial charge in [0.1, 0.15) is 4.92 Å². The van der Waals surface area contributed by atoms with Gasteiger partial charge in [-0.15, -0.1) is 0 Å². The number of nitrogens with one attached hydrogen (secondary N) is 1. The van der Waals surface area contributed by atoms with E-state index in [-0.39, 0.29) is 11.2 Å². The third-order valence-corrected chi connectivity index (χ3v) is 2.89. The normalized spacial score (nSPS) is 11.3. The Morgan fingerprint density at radius 2 is 2.22 bits per heavy atom. The molecule has 0 saturated heterocycles. The highest BCUT2D eigenvalue weighted by Gasteiger charge is 2.21.